The van der Waals surface area contributed by atoms with Crippen LogP contribution in [-0.4, -0.2) is 5.97 Å². The largest absolute Gasteiger partial charge is 0.454 e. The molecule has 0 aliphatic carbocycles. The molecule has 0 aliphatic heterocycles. The number of rotatable bonds is 4. The second kappa shape index (κ2) is 6.57. The zero-order valence-electron chi connectivity index (χ0n) is 13.1. The third-order valence-corrected chi connectivity index (χ3v) is 3.67. The topological polar surface area (TPSA) is 26.3 Å². The fourth-order valence-corrected chi connectivity index (χ4v) is 2.64. The quantitative estimate of drug-likeness (QED) is 0.735. The number of hydrogen-bond acceptors (Lipinski definition) is 2. The molecule has 0 radical (unpaired) electrons. The molecule has 2 aromatic carbocycles. The number of aryl methyl sites for hydroxylation is 1. The highest BCUT2D eigenvalue weighted by atomic mass is 16.5. The number of carbonyl (C=O) groups excluding carboxylic acids is 1. The SMILES string of the molecule is Cc1cccc(C(=O)OC(C)c2ccccc2)c1C(C)C. The van der Waals surface area contributed by atoms with Crippen molar-refractivity contribution in [1.29, 1.82) is 0 Å². The van der Waals surface area contributed by atoms with Crippen LogP contribution in [0.5, 0.6) is 0 Å². The molecule has 0 amide bonds. The minimum atomic E-state index is -0.251. The van der Waals surface area contributed by atoms with E-state index in [1.165, 1.54) is 0 Å². The third kappa shape index (κ3) is 3.52. The Kier molecular flexibility index (Phi) is 4.79. The van der Waals surface area contributed by atoms with Gasteiger partial charge in [0.05, 0.1) is 5.56 Å². The van der Waals surface area contributed by atoms with Gasteiger partial charge in [0.2, 0.25) is 0 Å². The third-order valence-electron chi connectivity index (χ3n) is 3.67. The summed E-state index contributed by atoms with van der Waals surface area (Å²) in [7, 11) is 0. The van der Waals surface area contributed by atoms with Crippen molar-refractivity contribution >= 4 is 5.97 Å². The highest BCUT2D eigenvalue weighted by Crippen LogP contribution is 2.26. The fraction of sp³-hybridized carbons (Fsp3) is 0.316. The summed E-state index contributed by atoms with van der Waals surface area (Å²) >= 11 is 0. The van der Waals surface area contributed by atoms with Gasteiger partial charge in [0.25, 0.3) is 0 Å². The predicted molar refractivity (Wildman–Crippen MR) is 85.5 cm³/mol. The van der Waals surface area contributed by atoms with Crippen LogP contribution in [0.2, 0.25) is 0 Å². The molecule has 0 aromatic heterocycles. The predicted octanol–water partition coefficient (Wildman–Crippen LogP) is 5.04. The first kappa shape index (κ1) is 15.3. The maximum atomic E-state index is 12.5. The Morgan fingerprint density at radius 1 is 0.952 bits per heavy atom. The lowest BCUT2D eigenvalue weighted by Gasteiger charge is -2.18. The molecule has 0 heterocycles. The van der Waals surface area contributed by atoms with E-state index in [-0.39, 0.29) is 12.1 Å². The highest BCUT2D eigenvalue weighted by molar-refractivity contribution is 5.91. The highest BCUT2D eigenvalue weighted by Gasteiger charge is 2.19. The Bertz CT molecular complexity index is 615. The van der Waals surface area contributed by atoms with Crippen LogP contribution in [0.3, 0.4) is 0 Å². The van der Waals surface area contributed by atoms with Crippen LogP contribution in [0.1, 0.15) is 59.8 Å². The standard InChI is InChI=1S/C19H22O2/c1-13(2)18-14(3)9-8-12-17(18)19(20)21-15(4)16-10-6-5-7-11-16/h5-13,15H,1-4H3. The molecule has 0 saturated carbocycles. The molecule has 1 atom stereocenters. The van der Waals surface area contributed by atoms with Crippen LogP contribution in [0, 0.1) is 6.92 Å². The van der Waals surface area contributed by atoms with Gasteiger partial charge in [0.1, 0.15) is 6.10 Å². The Labute approximate surface area is 126 Å². The molecule has 2 nitrogen and oxygen atoms in total. The van der Waals surface area contributed by atoms with Crippen molar-refractivity contribution in [1.82, 2.24) is 0 Å². The molecule has 0 saturated heterocycles. The number of carbonyl (C=O) groups is 1. The first-order valence-corrected chi connectivity index (χ1v) is 7.36. The van der Waals surface area contributed by atoms with Crippen LogP contribution in [0.4, 0.5) is 0 Å². The van der Waals surface area contributed by atoms with E-state index in [1.54, 1.807) is 0 Å². The summed E-state index contributed by atoms with van der Waals surface area (Å²) in [5.41, 5.74) is 3.88. The Morgan fingerprint density at radius 3 is 2.24 bits per heavy atom. The second-order valence-corrected chi connectivity index (χ2v) is 5.65. The van der Waals surface area contributed by atoms with E-state index in [2.05, 4.69) is 13.8 Å². The summed E-state index contributed by atoms with van der Waals surface area (Å²) in [4.78, 5) is 12.5. The average molecular weight is 282 g/mol. The van der Waals surface area contributed by atoms with Crippen molar-refractivity contribution in [3.05, 3.63) is 70.8 Å². The van der Waals surface area contributed by atoms with Gasteiger partial charge in [0, 0.05) is 0 Å². The van der Waals surface area contributed by atoms with Gasteiger partial charge in [0.15, 0.2) is 0 Å². The molecular weight excluding hydrogens is 260 g/mol. The van der Waals surface area contributed by atoms with Gasteiger partial charge >= 0.3 is 5.97 Å². The van der Waals surface area contributed by atoms with Crippen molar-refractivity contribution in [3.8, 4) is 0 Å². The van der Waals surface area contributed by atoms with Crippen LogP contribution in [0.15, 0.2) is 48.5 Å². The monoisotopic (exact) mass is 282 g/mol. The summed E-state index contributed by atoms with van der Waals surface area (Å²) in [6.45, 7) is 8.13. The molecule has 0 aliphatic rings. The average Bonchev–Trinajstić information content (AvgIpc) is 2.47. The second-order valence-electron chi connectivity index (χ2n) is 5.65. The molecule has 0 fully saturated rings. The van der Waals surface area contributed by atoms with Crippen molar-refractivity contribution in [2.75, 3.05) is 0 Å². The molecule has 2 rings (SSSR count). The summed E-state index contributed by atoms with van der Waals surface area (Å²) in [5.74, 6) is 0.0412. The lowest BCUT2D eigenvalue weighted by molar-refractivity contribution is 0.0336. The van der Waals surface area contributed by atoms with Gasteiger partial charge in [-0.2, -0.15) is 0 Å². The molecule has 2 aromatic rings. The van der Waals surface area contributed by atoms with Crippen LogP contribution < -0.4 is 0 Å². The van der Waals surface area contributed by atoms with Gasteiger partial charge < -0.3 is 4.74 Å². The normalized spacial score (nSPS) is 12.2. The Hall–Kier alpha value is -2.09. The zero-order chi connectivity index (χ0) is 15.4. The maximum Gasteiger partial charge on any atom is 0.339 e. The first-order chi connectivity index (χ1) is 10.0. The van der Waals surface area contributed by atoms with Gasteiger partial charge in [-0.1, -0.05) is 56.3 Å². The van der Waals surface area contributed by atoms with Crippen LogP contribution in [-0.2, 0) is 4.74 Å². The van der Waals surface area contributed by atoms with Gasteiger partial charge in [-0.25, -0.2) is 4.79 Å². The van der Waals surface area contributed by atoms with Gasteiger partial charge in [-0.15, -0.1) is 0 Å². The van der Waals surface area contributed by atoms with Crippen molar-refractivity contribution in [2.45, 2.75) is 39.7 Å². The van der Waals surface area contributed by atoms with Crippen molar-refractivity contribution < 1.29 is 9.53 Å². The Balaban J connectivity index is 2.23. The van der Waals surface area contributed by atoms with E-state index in [9.17, 15) is 4.79 Å². The maximum absolute atomic E-state index is 12.5. The fourth-order valence-electron chi connectivity index (χ4n) is 2.64. The molecule has 21 heavy (non-hydrogen) atoms. The smallest absolute Gasteiger partial charge is 0.339 e. The Morgan fingerprint density at radius 2 is 1.62 bits per heavy atom. The van der Waals surface area contributed by atoms with Gasteiger partial charge in [-0.3, -0.25) is 0 Å². The number of hydrogen-bond donors (Lipinski definition) is 0. The van der Waals surface area contributed by atoms with E-state index in [0.29, 0.717) is 11.5 Å². The van der Waals surface area contributed by atoms with Gasteiger partial charge in [-0.05, 0) is 42.5 Å². The molecule has 0 bridgehead atoms. The van der Waals surface area contributed by atoms with E-state index >= 15 is 0 Å². The summed E-state index contributed by atoms with van der Waals surface area (Å²) in [5, 5.41) is 0. The number of ether oxygens (including phenoxy) is 1. The number of benzene rings is 2. The molecule has 110 valence electrons. The molecular formula is C19H22O2. The van der Waals surface area contributed by atoms with E-state index in [0.717, 1.165) is 16.7 Å². The molecule has 0 spiro atoms. The van der Waals surface area contributed by atoms with Crippen LogP contribution >= 0.6 is 0 Å². The van der Waals surface area contributed by atoms with Crippen LogP contribution in [0.25, 0.3) is 0 Å². The zero-order valence-corrected chi connectivity index (χ0v) is 13.1. The van der Waals surface area contributed by atoms with Crippen molar-refractivity contribution in [2.24, 2.45) is 0 Å². The van der Waals surface area contributed by atoms with E-state index in [4.69, 9.17) is 4.74 Å². The molecule has 1 unspecified atom stereocenters. The van der Waals surface area contributed by atoms with E-state index < -0.39 is 0 Å². The lowest BCUT2D eigenvalue weighted by Crippen LogP contribution is -2.13. The minimum Gasteiger partial charge on any atom is -0.454 e. The molecule has 0 N–H and O–H groups in total. The van der Waals surface area contributed by atoms with Crippen molar-refractivity contribution in [3.63, 3.8) is 0 Å². The summed E-state index contributed by atoms with van der Waals surface area (Å²) in [6.07, 6.45) is -0.251. The molecule has 2 heteroatoms. The minimum absolute atomic E-state index is 0.251. The summed E-state index contributed by atoms with van der Waals surface area (Å²) < 4.78 is 5.63. The van der Waals surface area contributed by atoms with E-state index in [1.807, 2.05) is 62.4 Å². The summed E-state index contributed by atoms with van der Waals surface area (Å²) in [6, 6.07) is 15.6. The lowest BCUT2D eigenvalue weighted by atomic mass is 9.92. The first-order valence-electron chi connectivity index (χ1n) is 7.36. The number of esters is 1.